The maximum Gasteiger partial charge on any atom is 0.300 e. The molecule has 0 spiro atoms. The molecule has 1 aromatic rings. The normalized spacial score (nSPS) is 16.0. The molecule has 2 rings (SSSR count). The summed E-state index contributed by atoms with van der Waals surface area (Å²) in [5.74, 6) is -0.422. The van der Waals surface area contributed by atoms with Crippen LogP contribution in [0.3, 0.4) is 0 Å². The van der Waals surface area contributed by atoms with Crippen molar-refractivity contribution in [1.29, 1.82) is 0 Å². The summed E-state index contributed by atoms with van der Waals surface area (Å²) in [6.07, 6.45) is 0.998. The number of rotatable bonds is 4. The predicted molar refractivity (Wildman–Crippen MR) is 75.3 cm³/mol. The molecule has 0 bridgehead atoms. The van der Waals surface area contributed by atoms with Crippen LogP contribution >= 0.6 is 11.6 Å². The van der Waals surface area contributed by atoms with Crippen molar-refractivity contribution < 1.29 is 14.8 Å². The number of halogens is 1. The van der Waals surface area contributed by atoms with Crippen molar-refractivity contribution in [3.8, 4) is 0 Å². The fourth-order valence-corrected chi connectivity index (χ4v) is 2.38. The third-order valence-corrected chi connectivity index (χ3v) is 3.56. The minimum Gasteiger partial charge on any atom is -0.395 e. The molecule has 8 nitrogen and oxygen atoms in total. The summed E-state index contributed by atoms with van der Waals surface area (Å²) >= 11 is 5.73. The molecule has 9 heteroatoms. The first-order chi connectivity index (χ1) is 10.0. The number of carbonyl (C=O) groups is 1. The Hall–Kier alpha value is -1.77. The molecule has 1 N–H and O–H groups in total. The van der Waals surface area contributed by atoms with Crippen LogP contribution in [0.25, 0.3) is 0 Å². The third kappa shape index (κ3) is 3.66. The Kier molecular flexibility index (Phi) is 5.05. The van der Waals surface area contributed by atoms with Crippen LogP contribution < -0.4 is 0 Å². The smallest absolute Gasteiger partial charge is 0.300 e. The van der Waals surface area contributed by atoms with Crippen molar-refractivity contribution in [2.75, 3.05) is 39.3 Å². The summed E-state index contributed by atoms with van der Waals surface area (Å²) in [6, 6.07) is 1.22. The van der Waals surface area contributed by atoms with Crippen LogP contribution in [0.4, 0.5) is 5.69 Å². The van der Waals surface area contributed by atoms with Gasteiger partial charge in [-0.3, -0.25) is 19.8 Å². The highest BCUT2D eigenvalue weighted by molar-refractivity contribution is 6.29. The van der Waals surface area contributed by atoms with Crippen LogP contribution in [0.15, 0.2) is 12.3 Å². The molecular weight excluding hydrogens is 300 g/mol. The maximum absolute atomic E-state index is 12.4. The van der Waals surface area contributed by atoms with E-state index < -0.39 is 10.8 Å². The topological polar surface area (TPSA) is 99.8 Å². The van der Waals surface area contributed by atoms with Gasteiger partial charge in [0, 0.05) is 32.7 Å². The van der Waals surface area contributed by atoms with Gasteiger partial charge in [0.1, 0.15) is 16.9 Å². The minimum absolute atomic E-state index is 0.0443. The predicted octanol–water partition coefficient (Wildman–Crippen LogP) is 0.393. The van der Waals surface area contributed by atoms with Crippen molar-refractivity contribution in [3.05, 3.63) is 33.1 Å². The van der Waals surface area contributed by atoms with Crippen molar-refractivity contribution in [3.63, 3.8) is 0 Å². The Bertz CT molecular complexity index is 546. The van der Waals surface area contributed by atoms with E-state index in [9.17, 15) is 14.9 Å². The monoisotopic (exact) mass is 314 g/mol. The number of amides is 1. The van der Waals surface area contributed by atoms with Crippen molar-refractivity contribution >= 4 is 23.2 Å². The number of aromatic nitrogens is 1. The molecule has 0 radical (unpaired) electrons. The molecule has 1 aliphatic heterocycles. The first-order valence-corrected chi connectivity index (χ1v) is 6.83. The second kappa shape index (κ2) is 6.79. The van der Waals surface area contributed by atoms with Crippen molar-refractivity contribution in [2.24, 2.45) is 0 Å². The van der Waals surface area contributed by atoms with Crippen molar-refractivity contribution in [2.45, 2.75) is 0 Å². The highest BCUT2D eigenvalue weighted by Gasteiger charge is 2.28. The molecule has 114 valence electrons. The number of hydrogen-bond donors (Lipinski definition) is 1. The van der Waals surface area contributed by atoms with E-state index in [1.54, 1.807) is 4.90 Å². The van der Waals surface area contributed by atoms with E-state index in [4.69, 9.17) is 16.7 Å². The second-order valence-electron chi connectivity index (χ2n) is 4.64. The number of aliphatic hydroxyl groups is 1. The van der Waals surface area contributed by atoms with Crippen LogP contribution in [-0.4, -0.2) is 70.1 Å². The van der Waals surface area contributed by atoms with Gasteiger partial charge >= 0.3 is 0 Å². The first kappa shape index (κ1) is 15.6. The van der Waals surface area contributed by atoms with Crippen LogP contribution in [0.2, 0.25) is 5.15 Å². The van der Waals surface area contributed by atoms with Gasteiger partial charge in [-0.25, -0.2) is 4.98 Å². The highest BCUT2D eigenvalue weighted by Crippen LogP contribution is 2.22. The lowest BCUT2D eigenvalue weighted by Crippen LogP contribution is -2.49. The molecule has 21 heavy (non-hydrogen) atoms. The van der Waals surface area contributed by atoms with Crippen LogP contribution in [0, 0.1) is 10.1 Å². The molecule has 0 atom stereocenters. The standard InChI is InChI=1S/C12H15ClN4O4/c13-11-7-9(10(8-14-11)17(20)21)12(19)16-3-1-15(2-4-16)5-6-18/h7-8,18H,1-6H2. The number of nitro groups is 1. The zero-order valence-electron chi connectivity index (χ0n) is 11.2. The quantitative estimate of drug-likeness (QED) is 0.490. The number of aliphatic hydroxyl groups excluding tert-OH is 1. The number of piperazine rings is 1. The summed E-state index contributed by atoms with van der Waals surface area (Å²) in [5.41, 5.74) is -0.391. The largest absolute Gasteiger partial charge is 0.395 e. The number of carbonyl (C=O) groups excluding carboxylic acids is 1. The summed E-state index contributed by atoms with van der Waals surface area (Å²) < 4.78 is 0. The highest BCUT2D eigenvalue weighted by atomic mass is 35.5. The molecule has 1 fully saturated rings. The lowest BCUT2D eigenvalue weighted by Gasteiger charge is -2.34. The van der Waals surface area contributed by atoms with Gasteiger partial charge in [-0.2, -0.15) is 0 Å². The van der Waals surface area contributed by atoms with E-state index in [1.807, 2.05) is 4.90 Å². The Morgan fingerprint density at radius 3 is 2.67 bits per heavy atom. The lowest BCUT2D eigenvalue weighted by molar-refractivity contribution is -0.385. The Morgan fingerprint density at radius 2 is 2.10 bits per heavy atom. The number of nitrogens with zero attached hydrogens (tertiary/aromatic N) is 4. The summed E-state index contributed by atoms with van der Waals surface area (Å²) in [7, 11) is 0. The van der Waals surface area contributed by atoms with E-state index in [2.05, 4.69) is 4.98 Å². The molecule has 1 amide bonds. The minimum atomic E-state index is -0.640. The molecule has 0 saturated carbocycles. The fourth-order valence-electron chi connectivity index (χ4n) is 2.23. The van der Waals surface area contributed by atoms with Gasteiger partial charge in [-0.15, -0.1) is 0 Å². The van der Waals surface area contributed by atoms with Gasteiger partial charge in [0.05, 0.1) is 11.5 Å². The number of hydrogen-bond acceptors (Lipinski definition) is 6. The Balaban J connectivity index is 2.14. The van der Waals surface area contributed by atoms with E-state index >= 15 is 0 Å². The molecule has 0 unspecified atom stereocenters. The first-order valence-electron chi connectivity index (χ1n) is 6.45. The molecule has 0 aromatic carbocycles. The molecule has 2 heterocycles. The molecule has 1 aromatic heterocycles. The van der Waals surface area contributed by atoms with Gasteiger partial charge in [0.2, 0.25) is 0 Å². The molecular formula is C12H15ClN4O4. The molecule has 0 aliphatic carbocycles. The number of pyridine rings is 1. The zero-order valence-corrected chi connectivity index (χ0v) is 12.0. The van der Waals surface area contributed by atoms with Crippen LogP contribution in [0.1, 0.15) is 10.4 Å². The average Bonchev–Trinajstić information content (AvgIpc) is 2.47. The van der Waals surface area contributed by atoms with Gasteiger partial charge in [-0.05, 0) is 6.07 Å². The van der Waals surface area contributed by atoms with Crippen molar-refractivity contribution in [1.82, 2.24) is 14.8 Å². The van der Waals surface area contributed by atoms with E-state index in [0.717, 1.165) is 6.20 Å². The van der Waals surface area contributed by atoms with Gasteiger partial charge in [0.25, 0.3) is 11.6 Å². The summed E-state index contributed by atoms with van der Waals surface area (Å²) in [5, 5.41) is 19.9. The van der Waals surface area contributed by atoms with Crippen LogP contribution in [-0.2, 0) is 0 Å². The SMILES string of the molecule is O=C(c1cc(Cl)ncc1[N+](=O)[O-])N1CCN(CCO)CC1. The van der Waals surface area contributed by atoms with E-state index in [0.29, 0.717) is 32.7 Å². The molecule has 1 saturated heterocycles. The van der Waals surface area contributed by atoms with Gasteiger partial charge < -0.3 is 10.0 Å². The van der Waals surface area contributed by atoms with E-state index in [1.165, 1.54) is 6.07 Å². The molecule has 1 aliphatic rings. The summed E-state index contributed by atoms with van der Waals surface area (Å²) in [6.45, 7) is 2.78. The zero-order chi connectivity index (χ0) is 15.4. The van der Waals surface area contributed by atoms with Gasteiger partial charge in [-0.1, -0.05) is 11.6 Å². The fraction of sp³-hybridized carbons (Fsp3) is 0.500. The number of β-amino-alcohol motifs (C(OH)–C–C–N with tert-alkyl or cyclic N) is 1. The third-order valence-electron chi connectivity index (χ3n) is 3.35. The van der Waals surface area contributed by atoms with Crippen LogP contribution in [0.5, 0.6) is 0 Å². The van der Waals surface area contributed by atoms with Gasteiger partial charge in [0.15, 0.2) is 0 Å². The summed E-state index contributed by atoms with van der Waals surface area (Å²) in [4.78, 5) is 30.0. The Labute approximate surface area is 126 Å². The lowest BCUT2D eigenvalue weighted by atomic mass is 10.2. The maximum atomic E-state index is 12.4. The second-order valence-corrected chi connectivity index (χ2v) is 5.03. The Morgan fingerprint density at radius 1 is 1.43 bits per heavy atom. The van der Waals surface area contributed by atoms with E-state index in [-0.39, 0.29) is 23.0 Å². The average molecular weight is 315 g/mol.